The van der Waals surface area contributed by atoms with E-state index in [1.54, 1.807) is 14.2 Å². The lowest BCUT2D eigenvalue weighted by Gasteiger charge is -2.35. The molecule has 2 rings (SSSR count). The summed E-state index contributed by atoms with van der Waals surface area (Å²) < 4.78 is 33.4. The van der Waals surface area contributed by atoms with Crippen LogP contribution >= 0.6 is 0 Å². The SMILES string of the molecule is COc1cc2c(cc1OC)C(C)N(CCS(C)(=O)=O)CC2. The third-order valence-corrected chi connectivity index (χ3v) is 4.99. The van der Waals surface area contributed by atoms with Crippen molar-refractivity contribution in [2.24, 2.45) is 0 Å². The minimum Gasteiger partial charge on any atom is -0.493 e. The van der Waals surface area contributed by atoms with E-state index in [4.69, 9.17) is 9.47 Å². The van der Waals surface area contributed by atoms with Gasteiger partial charge in [0.1, 0.15) is 9.84 Å². The van der Waals surface area contributed by atoms with Gasteiger partial charge in [-0.1, -0.05) is 0 Å². The third kappa shape index (κ3) is 3.68. The van der Waals surface area contributed by atoms with Crippen molar-refractivity contribution in [3.63, 3.8) is 0 Å². The summed E-state index contributed by atoms with van der Waals surface area (Å²) >= 11 is 0. The molecule has 0 saturated carbocycles. The summed E-state index contributed by atoms with van der Waals surface area (Å²) in [4.78, 5) is 2.20. The Hall–Kier alpha value is -1.27. The number of hydrogen-bond acceptors (Lipinski definition) is 5. The van der Waals surface area contributed by atoms with E-state index < -0.39 is 9.84 Å². The Balaban J connectivity index is 2.24. The van der Waals surface area contributed by atoms with Gasteiger partial charge in [0, 0.05) is 25.4 Å². The second kappa shape index (κ2) is 6.23. The second-order valence-corrected chi connectivity index (χ2v) is 7.76. The number of methoxy groups -OCH3 is 2. The molecule has 0 N–H and O–H groups in total. The summed E-state index contributed by atoms with van der Waals surface area (Å²) in [6.07, 6.45) is 2.17. The molecule has 1 aromatic rings. The number of nitrogens with zero attached hydrogens (tertiary/aromatic N) is 1. The minimum atomic E-state index is -2.93. The number of benzene rings is 1. The van der Waals surface area contributed by atoms with E-state index in [1.807, 2.05) is 12.1 Å². The first kappa shape index (κ1) is 16.1. The Morgan fingerprint density at radius 1 is 1.24 bits per heavy atom. The van der Waals surface area contributed by atoms with E-state index in [0.29, 0.717) is 12.3 Å². The zero-order chi connectivity index (χ0) is 15.6. The number of ether oxygens (including phenoxy) is 2. The van der Waals surface area contributed by atoms with Crippen molar-refractivity contribution in [1.82, 2.24) is 4.90 Å². The molecule has 0 aromatic heterocycles. The van der Waals surface area contributed by atoms with Crippen molar-refractivity contribution in [3.8, 4) is 11.5 Å². The van der Waals surface area contributed by atoms with Gasteiger partial charge in [-0.15, -0.1) is 0 Å². The molecule has 1 atom stereocenters. The van der Waals surface area contributed by atoms with Gasteiger partial charge in [-0.05, 0) is 36.6 Å². The van der Waals surface area contributed by atoms with E-state index in [-0.39, 0.29) is 11.8 Å². The quantitative estimate of drug-likeness (QED) is 0.827. The summed E-state index contributed by atoms with van der Waals surface area (Å²) in [5, 5.41) is 0. The molecule has 6 heteroatoms. The molecule has 1 aliphatic heterocycles. The van der Waals surface area contributed by atoms with Crippen molar-refractivity contribution in [2.75, 3.05) is 39.3 Å². The van der Waals surface area contributed by atoms with Gasteiger partial charge < -0.3 is 9.47 Å². The topological polar surface area (TPSA) is 55.8 Å². The first-order valence-electron chi connectivity index (χ1n) is 7.02. The fraction of sp³-hybridized carbons (Fsp3) is 0.600. The first-order valence-corrected chi connectivity index (χ1v) is 9.08. The summed E-state index contributed by atoms with van der Waals surface area (Å²) in [6.45, 7) is 3.53. The van der Waals surface area contributed by atoms with Gasteiger partial charge in [-0.3, -0.25) is 4.90 Å². The lowest BCUT2D eigenvalue weighted by Crippen LogP contribution is -2.37. The molecule has 1 aromatic carbocycles. The van der Waals surface area contributed by atoms with Crippen LogP contribution in [0.5, 0.6) is 11.5 Å². The zero-order valence-electron chi connectivity index (χ0n) is 13.0. The fourth-order valence-electron chi connectivity index (χ4n) is 2.79. The molecule has 118 valence electrons. The van der Waals surface area contributed by atoms with Crippen molar-refractivity contribution >= 4 is 9.84 Å². The molecule has 0 amide bonds. The average molecular weight is 313 g/mol. The van der Waals surface area contributed by atoms with Crippen LogP contribution in [-0.4, -0.2) is 52.6 Å². The molecule has 5 nitrogen and oxygen atoms in total. The number of sulfone groups is 1. The van der Waals surface area contributed by atoms with Crippen LogP contribution in [-0.2, 0) is 16.3 Å². The summed E-state index contributed by atoms with van der Waals surface area (Å²) in [5.41, 5.74) is 2.43. The maximum Gasteiger partial charge on any atom is 0.161 e. The highest BCUT2D eigenvalue weighted by Gasteiger charge is 2.26. The van der Waals surface area contributed by atoms with Gasteiger partial charge in [0.15, 0.2) is 11.5 Å². The Bertz CT molecular complexity index is 612. The Morgan fingerprint density at radius 3 is 2.43 bits per heavy atom. The molecule has 21 heavy (non-hydrogen) atoms. The van der Waals surface area contributed by atoms with Crippen LogP contribution in [0.15, 0.2) is 12.1 Å². The van der Waals surface area contributed by atoms with Crippen molar-refractivity contribution in [2.45, 2.75) is 19.4 Å². The molecular formula is C15H23NO4S. The van der Waals surface area contributed by atoms with Gasteiger partial charge in [0.05, 0.1) is 20.0 Å². The number of fused-ring (bicyclic) bond motifs is 1. The Labute approximate surface area is 126 Å². The highest BCUT2D eigenvalue weighted by atomic mass is 32.2. The highest BCUT2D eigenvalue weighted by molar-refractivity contribution is 7.90. The minimum absolute atomic E-state index is 0.176. The van der Waals surface area contributed by atoms with E-state index in [9.17, 15) is 8.42 Å². The maximum atomic E-state index is 11.3. The molecule has 1 unspecified atom stereocenters. The average Bonchev–Trinajstić information content (AvgIpc) is 2.44. The van der Waals surface area contributed by atoms with E-state index >= 15 is 0 Å². The molecule has 0 saturated heterocycles. The lowest BCUT2D eigenvalue weighted by molar-refractivity contribution is 0.209. The highest BCUT2D eigenvalue weighted by Crippen LogP contribution is 2.37. The molecule has 0 bridgehead atoms. The van der Waals surface area contributed by atoms with Gasteiger partial charge in [-0.2, -0.15) is 0 Å². The maximum absolute atomic E-state index is 11.3. The summed E-state index contributed by atoms with van der Waals surface area (Å²) in [6, 6.07) is 4.21. The monoisotopic (exact) mass is 313 g/mol. The van der Waals surface area contributed by atoms with Gasteiger partial charge in [0.2, 0.25) is 0 Å². The third-order valence-electron chi connectivity index (χ3n) is 4.06. The number of rotatable bonds is 5. The van der Waals surface area contributed by atoms with Crippen LogP contribution in [0.25, 0.3) is 0 Å². The van der Waals surface area contributed by atoms with Gasteiger partial charge >= 0.3 is 0 Å². The Morgan fingerprint density at radius 2 is 1.86 bits per heavy atom. The zero-order valence-corrected chi connectivity index (χ0v) is 13.9. The normalized spacial score (nSPS) is 19.1. The van der Waals surface area contributed by atoms with Gasteiger partial charge in [0.25, 0.3) is 0 Å². The molecule has 1 aliphatic rings. The molecule has 0 radical (unpaired) electrons. The fourth-order valence-corrected chi connectivity index (χ4v) is 3.35. The van der Waals surface area contributed by atoms with Crippen LogP contribution < -0.4 is 9.47 Å². The largest absolute Gasteiger partial charge is 0.493 e. The molecular weight excluding hydrogens is 290 g/mol. The first-order chi connectivity index (χ1) is 9.85. The smallest absolute Gasteiger partial charge is 0.161 e. The molecule has 1 heterocycles. The van der Waals surface area contributed by atoms with E-state index in [0.717, 1.165) is 18.7 Å². The van der Waals surface area contributed by atoms with Crippen LogP contribution in [0.2, 0.25) is 0 Å². The van der Waals surface area contributed by atoms with E-state index in [1.165, 1.54) is 17.4 Å². The summed E-state index contributed by atoms with van der Waals surface area (Å²) in [5.74, 6) is 1.65. The predicted octanol–water partition coefficient (Wildman–Crippen LogP) is 1.67. The van der Waals surface area contributed by atoms with Crippen molar-refractivity contribution in [3.05, 3.63) is 23.3 Å². The number of hydrogen-bond donors (Lipinski definition) is 0. The standard InChI is InChI=1S/C15H23NO4S/c1-11-13-10-15(20-3)14(19-2)9-12(13)5-6-16(11)7-8-21(4,17)18/h9-11H,5-8H2,1-4H3. The van der Waals surface area contributed by atoms with Crippen LogP contribution in [0.4, 0.5) is 0 Å². The lowest BCUT2D eigenvalue weighted by atomic mass is 9.93. The van der Waals surface area contributed by atoms with Crippen LogP contribution in [0.1, 0.15) is 24.1 Å². The predicted molar refractivity (Wildman–Crippen MR) is 82.9 cm³/mol. The molecule has 0 aliphatic carbocycles. The van der Waals surface area contributed by atoms with Crippen molar-refractivity contribution in [1.29, 1.82) is 0 Å². The van der Waals surface area contributed by atoms with Crippen LogP contribution in [0, 0.1) is 0 Å². The Kier molecular flexibility index (Phi) is 4.78. The molecule has 0 spiro atoms. The van der Waals surface area contributed by atoms with Crippen LogP contribution in [0.3, 0.4) is 0 Å². The van der Waals surface area contributed by atoms with Crippen molar-refractivity contribution < 1.29 is 17.9 Å². The van der Waals surface area contributed by atoms with E-state index in [2.05, 4.69) is 11.8 Å². The summed E-state index contributed by atoms with van der Waals surface area (Å²) in [7, 11) is 0.324. The second-order valence-electron chi connectivity index (χ2n) is 5.50. The molecule has 0 fully saturated rings. The van der Waals surface area contributed by atoms with Gasteiger partial charge in [-0.25, -0.2) is 8.42 Å².